The van der Waals surface area contributed by atoms with E-state index in [1.807, 2.05) is 0 Å². The van der Waals surface area contributed by atoms with E-state index in [1.54, 1.807) is 18.3 Å². The minimum absolute atomic E-state index is 0.119. The molecule has 50 valence electrons. The van der Waals surface area contributed by atoms with E-state index in [-0.39, 0.29) is 4.74 Å². The van der Waals surface area contributed by atoms with Crippen LogP contribution in [0.25, 0.3) is 10.2 Å². The molecule has 0 aliphatic carbocycles. The largest absolute Gasteiger partial charge is 0.276 e. The van der Waals surface area contributed by atoms with Crippen LogP contribution in [0.5, 0.6) is 0 Å². The van der Waals surface area contributed by atoms with Gasteiger partial charge in [0.1, 0.15) is 4.83 Å². The third kappa shape index (κ3) is 0.767. The summed E-state index contributed by atoms with van der Waals surface area (Å²) < 4.78 is 0.119. The van der Waals surface area contributed by atoms with Gasteiger partial charge in [0, 0.05) is 6.20 Å². The lowest BCUT2D eigenvalue weighted by Gasteiger charge is -1.79. The van der Waals surface area contributed by atoms with Crippen LogP contribution >= 0.6 is 20.7 Å². The highest BCUT2D eigenvalue weighted by atomic mass is 32.9. The number of hydrogen-bond donors (Lipinski definition) is 0. The fourth-order valence-corrected chi connectivity index (χ4v) is 2.69. The van der Waals surface area contributed by atoms with Gasteiger partial charge in [-0.3, -0.25) is 4.79 Å². The first-order chi connectivity index (χ1) is 4.88. The van der Waals surface area contributed by atoms with Crippen molar-refractivity contribution in [1.29, 1.82) is 0 Å². The van der Waals surface area contributed by atoms with Gasteiger partial charge in [-0.25, -0.2) is 4.98 Å². The average molecular weight is 169 g/mol. The lowest BCUT2D eigenvalue weighted by atomic mass is 10.4. The molecule has 2 aromatic heterocycles. The van der Waals surface area contributed by atoms with Crippen LogP contribution in [-0.4, -0.2) is 4.98 Å². The Morgan fingerprint density at radius 3 is 3.10 bits per heavy atom. The maximum absolute atomic E-state index is 11.0. The number of rotatable bonds is 0. The van der Waals surface area contributed by atoms with Gasteiger partial charge in [0.2, 0.25) is 0 Å². The SMILES string of the molecule is O=c1ssc2ncccc12. The van der Waals surface area contributed by atoms with Crippen LogP contribution in [0, 0.1) is 0 Å². The Morgan fingerprint density at radius 1 is 1.40 bits per heavy atom. The molecule has 4 heteroatoms. The summed E-state index contributed by atoms with van der Waals surface area (Å²) in [4.78, 5) is 15.8. The molecular formula is C6H3NOS2. The van der Waals surface area contributed by atoms with E-state index in [9.17, 15) is 4.79 Å². The normalized spacial score (nSPS) is 10.4. The standard InChI is InChI=1S/C6H3NOS2/c8-6-4-2-1-3-7-5(4)9-10-6/h1-3H. The molecule has 0 amide bonds. The van der Waals surface area contributed by atoms with E-state index in [0.29, 0.717) is 0 Å². The van der Waals surface area contributed by atoms with Crippen LogP contribution in [0.2, 0.25) is 0 Å². The Morgan fingerprint density at radius 2 is 2.30 bits per heavy atom. The van der Waals surface area contributed by atoms with Gasteiger partial charge < -0.3 is 0 Å². The van der Waals surface area contributed by atoms with E-state index in [0.717, 1.165) is 10.2 Å². The third-order valence-corrected chi connectivity index (χ3v) is 3.30. The Labute approximate surface area is 64.2 Å². The van der Waals surface area contributed by atoms with Gasteiger partial charge in [0.05, 0.1) is 5.39 Å². The van der Waals surface area contributed by atoms with Crippen molar-refractivity contribution in [2.24, 2.45) is 0 Å². The number of nitrogens with zero attached hydrogens (tertiary/aromatic N) is 1. The van der Waals surface area contributed by atoms with Crippen LogP contribution in [-0.2, 0) is 0 Å². The second-order valence-corrected chi connectivity index (χ2v) is 3.90. The molecule has 2 rings (SSSR count). The van der Waals surface area contributed by atoms with Crippen molar-refractivity contribution in [2.45, 2.75) is 0 Å². The number of aromatic nitrogens is 1. The minimum atomic E-state index is 0.119. The summed E-state index contributed by atoms with van der Waals surface area (Å²) in [5.41, 5.74) is 0. The highest BCUT2D eigenvalue weighted by molar-refractivity contribution is 7.71. The second kappa shape index (κ2) is 2.14. The molecule has 2 nitrogen and oxygen atoms in total. The van der Waals surface area contributed by atoms with Crippen LogP contribution in [0.1, 0.15) is 0 Å². The second-order valence-electron chi connectivity index (χ2n) is 1.81. The molecular weight excluding hydrogens is 166 g/mol. The Hall–Kier alpha value is -0.740. The van der Waals surface area contributed by atoms with Crippen molar-refractivity contribution in [1.82, 2.24) is 4.98 Å². The quantitative estimate of drug-likeness (QED) is 0.562. The van der Waals surface area contributed by atoms with Crippen LogP contribution in [0.3, 0.4) is 0 Å². The van der Waals surface area contributed by atoms with Gasteiger partial charge in [-0.1, -0.05) is 10.3 Å². The molecule has 0 N–H and O–H groups in total. The topological polar surface area (TPSA) is 30.0 Å². The first-order valence-electron chi connectivity index (χ1n) is 2.72. The molecule has 0 aliphatic rings. The lowest BCUT2D eigenvalue weighted by Crippen LogP contribution is -1.86. The zero-order chi connectivity index (χ0) is 6.97. The molecule has 0 spiro atoms. The number of hydrogen-bond acceptors (Lipinski definition) is 4. The minimum Gasteiger partial charge on any atom is -0.276 e. The fraction of sp³-hybridized carbons (Fsp3) is 0. The molecule has 0 fully saturated rings. The first kappa shape index (κ1) is 6.00. The predicted molar refractivity (Wildman–Crippen MR) is 43.8 cm³/mol. The van der Waals surface area contributed by atoms with E-state index >= 15 is 0 Å². The summed E-state index contributed by atoms with van der Waals surface area (Å²) in [7, 11) is 2.67. The Kier molecular flexibility index (Phi) is 1.28. The third-order valence-electron chi connectivity index (χ3n) is 1.19. The Balaban J connectivity index is 3.07. The van der Waals surface area contributed by atoms with Crippen LogP contribution < -0.4 is 4.74 Å². The molecule has 0 saturated heterocycles. The van der Waals surface area contributed by atoms with E-state index in [4.69, 9.17) is 0 Å². The van der Waals surface area contributed by atoms with E-state index in [1.165, 1.54) is 20.7 Å². The molecule has 0 radical (unpaired) electrons. The van der Waals surface area contributed by atoms with Gasteiger partial charge in [-0.2, -0.15) is 0 Å². The molecule has 0 aliphatic heterocycles. The fourth-order valence-electron chi connectivity index (χ4n) is 0.735. The molecule has 0 bridgehead atoms. The Bertz CT molecular complexity index is 403. The van der Waals surface area contributed by atoms with Crippen LogP contribution in [0.4, 0.5) is 0 Å². The van der Waals surface area contributed by atoms with Crippen molar-refractivity contribution < 1.29 is 0 Å². The maximum atomic E-state index is 11.0. The monoisotopic (exact) mass is 169 g/mol. The zero-order valence-corrected chi connectivity index (χ0v) is 6.54. The summed E-state index contributed by atoms with van der Waals surface area (Å²) in [5, 5.41) is 0.748. The van der Waals surface area contributed by atoms with Gasteiger partial charge >= 0.3 is 0 Å². The highest BCUT2D eigenvalue weighted by Crippen LogP contribution is 2.15. The van der Waals surface area contributed by atoms with Gasteiger partial charge in [0.15, 0.2) is 0 Å². The first-order valence-corrected chi connectivity index (χ1v) is 4.87. The molecule has 10 heavy (non-hydrogen) atoms. The smallest absolute Gasteiger partial charge is 0.252 e. The zero-order valence-electron chi connectivity index (χ0n) is 4.90. The number of pyridine rings is 1. The molecule has 0 atom stereocenters. The van der Waals surface area contributed by atoms with Crippen molar-refractivity contribution >= 4 is 30.9 Å². The number of fused-ring (bicyclic) bond motifs is 1. The molecule has 0 aromatic carbocycles. The maximum Gasteiger partial charge on any atom is 0.252 e. The van der Waals surface area contributed by atoms with Crippen LogP contribution in [0.15, 0.2) is 23.1 Å². The summed E-state index contributed by atoms with van der Waals surface area (Å²) in [5.74, 6) is 0. The van der Waals surface area contributed by atoms with E-state index in [2.05, 4.69) is 4.98 Å². The summed E-state index contributed by atoms with van der Waals surface area (Å²) in [6.45, 7) is 0. The van der Waals surface area contributed by atoms with E-state index < -0.39 is 0 Å². The van der Waals surface area contributed by atoms with Crippen molar-refractivity contribution in [3.05, 3.63) is 27.9 Å². The molecule has 2 aromatic rings. The summed E-state index contributed by atoms with van der Waals surface area (Å²) in [6.07, 6.45) is 1.70. The van der Waals surface area contributed by atoms with Crippen molar-refractivity contribution in [2.75, 3.05) is 0 Å². The lowest BCUT2D eigenvalue weighted by molar-refractivity contribution is 1.44. The highest BCUT2D eigenvalue weighted by Gasteiger charge is 1.98. The molecule has 0 unspecified atom stereocenters. The van der Waals surface area contributed by atoms with Gasteiger partial charge in [0.25, 0.3) is 4.74 Å². The van der Waals surface area contributed by atoms with Gasteiger partial charge in [-0.05, 0) is 22.5 Å². The summed E-state index contributed by atoms with van der Waals surface area (Å²) in [6, 6.07) is 3.58. The average Bonchev–Trinajstić information content (AvgIpc) is 2.34. The predicted octanol–water partition coefficient (Wildman–Crippen LogP) is 1.72. The molecule has 2 heterocycles. The van der Waals surface area contributed by atoms with Gasteiger partial charge in [-0.15, -0.1) is 0 Å². The van der Waals surface area contributed by atoms with Crippen molar-refractivity contribution in [3.63, 3.8) is 0 Å². The molecule has 0 saturated carbocycles. The summed E-state index contributed by atoms with van der Waals surface area (Å²) >= 11 is 0. The van der Waals surface area contributed by atoms with Crippen molar-refractivity contribution in [3.8, 4) is 0 Å².